The fourth-order valence-electron chi connectivity index (χ4n) is 5.60. The number of anilines is 1. The third kappa shape index (κ3) is 5.66. The average Bonchev–Trinajstić information content (AvgIpc) is 3.12. The number of nitrogens with zero attached hydrogens (tertiary/aromatic N) is 3. The van der Waals surface area contributed by atoms with E-state index >= 15 is 0 Å². The minimum atomic E-state index is -0.531. The van der Waals surface area contributed by atoms with Crippen molar-refractivity contribution in [1.82, 2.24) is 20.4 Å². The number of piperazine rings is 1. The van der Waals surface area contributed by atoms with Crippen LogP contribution in [0.15, 0.2) is 24.3 Å². The number of likely N-dealkylation sites (tertiary alicyclic amines) is 1. The summed E-state index contributed by atoms with van der Waals surface area (Å²) in [5.74, 6) is -0.138. The lowest BCUT2D eigenvalue weighted by molar-refractivity contribution is -0.140. The van der Waals surface area contributed by atoms with Crippen LogP contribution in [-0.4, -0.2) is 85.4 Å². The van der Waals surface area contributed by atoms with E-state index in [1.807, 2.05) is 18.2 Å². The summed E-state index contributed by atoms with van der Waals surface area (Å²) in [5.41, 5.74) is 0.817. The van der Waals surface area contributed by atoms with Gasteiger partial charge in [-0.25, -0.2) is 0 Å². The Morgan fingerprint density at radius 3 is 2.53 bits per heavy atom. The van der Waals surface area contributed by atoms with Crippen LogP contribution in [-0.2, 0) is 14.4 Å². The Morgan fingerprint density at radius 1 is 1.18 bits per heavy atom. The molecule has 3 saturated heterocycles. The molecule has 0 aliphatic carbocycles. The summed E-state index contributed by atoms with van der Waals surface area (Å²) in [5, 5.41) is 6.66. The van der Waals surface area contributed by atoms with Gasteiger partial charge in [0.2, 0.25) is 17.7 Å². The van der Waals surface area contributed by atoms with Crippen molar-refractivity contribution >= 4 is 35.0 Å². The Balaban J connectivity index is 1.21. The molecule has 0 unspecified atom stereocenters. The second kappa shape index (κ2) is 10.5. The van der Waals surface area contributed by atoms with Gasteiger partial charge in [0.1, 0.15) is 6.04 Å². The standard InChI is InChI=1S/C25H36ClN5O3/c1-18(27-19(2)32)23(33)31-10-7-25(8-11-31)17-21(28-24(25)34)6-9-29-12-14-30(15-13-29)22-5-3-4-20(26)16-22/h3-5,16,18,21H,6-15,17H2,1-2H3,(H,27,32)(H,28,34)/t18-,21-/m0/s1. The molecule has 8 nitrogen and oxygen atoms in total. The Kier molecular flexibility index (Phi) is 7.67. The van der Waals surface area contributed by atoms with Crippen LogP contribution in [0.1, 0.15) is 39.5 Å². The topological polar surface area (TPSA) is 85.0 Å². The lowest BCUT2D eigenvalue weighted by Crippen LogP contribution is -2.51. The molecule has 2 atom stereocenters. The van der Waals surface area contributed by atoms with Crippen molar-refractivity contribution in [3.63, 3.8) is 0 Å². The summed E-state index contributed by atoms with van der Waals surface area (Å²) in [6.07, 6.45) is 3.17. The first-order valence-corrected chi connectivity index (χ1v) is 12.7. The number of rotatable bonds is 6. The highest BCUT2D eigenvalue weighted by Crippen LogP contribution is 2.41. The molecular formula is C25H36ClN5O3. The van der Waals surface area contributed by atoms with Crippen LogP contribution in [0.2, 0.25) is 5.02 Å². The van der Waals surface area contributed by atoms with E-state index in [2.05, 4.69) is 26.5 Å². The van der Waals surface area contributed by atoms with Crippen LogP contribution < -0.4 is 15.5 Å². The maximum Gasteiger partial charge on any atom is 0.244 e. The molecule has 3 aliphatic heterocycles. The van der Waals surface area contributed by atoms with Crippen LogP contribution in [0.25, 0.3) is 0 Å². The highest BCUT2D eigenvalue weighted by atomic mass is 35.5. The Morgan fingerprint density at radius 2 is 1.88 bits per heavy atom. The second-order valence-corrected chi connectivity index (χ2v) is 10.4. The molecule has 186 valence electrons. The van der Waals surface area contributed by atoms with E-state index in [4.69, 9.17) is 11.6 Å². The fraction of sp³-hybridized carbons (Fsp3) is 0.640. The summed E-state index contributed by atoms with van der Waals surface area (Å²) in [6, 6.07) is 7.68. The van der Waals surface area contributed by atoms with E-state index in [-0.39, 0.29) is 29.2 Å². The van der Waals surface area contributed by atoms with Gasteiger partial charge in [0.25, 0.3) is 0 Å². The monoisotopic (exact) mass is 489 g/mol. The fourth-order valence-corrected chi connectivity index (χ4v) is 5.78. The van der Waals surface area contributed by atoms with Crippen molar-refractivity contribution in [3.05, 3.63) is 29.3 Å². The quantitative estimate of drug-likeness (QED) is 0.637. The van der Waals surface area contributed by atoms with Crippen molar-refractivity contribution in [2.45, 2.75) is 51.6 Å². The van der Waals surface area contributed by atoms with Gasteiger partial charge >= 0.3 is 0 Å². The SMILES string of the molecule is CC(=O)N[C@@H](C)C(=O)N1CCC2(CC1)C[C@H](CCN1CCN(c3cccc(Cl)c3)CC1)NC2=O. The van der Waals surface area contributed by atoms with Crippen molar-refractivity contribution < 1.29 is 14.4 Å². The van der Waals surface area contributed by atoms with E-state index in [1.165, 1.54) is 12.6 Å². The lowest BCUT2D eigenvalue weighted by atomic mass is 9.75. The molecule has 1 spiro atoms. The van der Waals surface area contributed by atoms with Crippen molar-refractivity contribution in [3.8, 4) is 0 Å². The highest BCUT2D eigenvalue weighted by Gasteiger charge is 2.48. The minimum Gasteiger partial charge on any atom is -0.369 e. The number of piperidine rings is 1. The number of hydrogen-bond donors (Lipinski definition) is 2. The predicted molar refractivity (Wildman–Crippen MR) is 133 cm³/mol. The maximum absolute atomic E-state index is 12.9. The van der Waals surface area contributed by atoms with Gasteiger partial charge in [-0.3, -0.25) is 19.3 Å². The molecule has 3 aliphatic rings. The van der Waals surface area contributed by atoms with Crippen LogP contribution in [0.5, 0.6) is 0 Å². The van der Waals surface area contributed by atoms with Gasteiger partial charge in [-0.1, -0.05) is 17.7 Å². The molecule has 0 bridgehead atoms. The smallest absolute Gasteiger partial charge is 0.244 e. The first kappa shape index (κ1) is 24.8. The first-order chi connectivity index (χ1) is 16.3. The zero-order chi connectivity index (χ0) is 24.3. The van der Waals surface area contributed by atoms with Gasteiger partial charge in [-0.05, 0) is 50.8 Å². The summed E-state index contributed by atoms with van der Waals surface area (Å²) in [6.45, 7) is 9.18. The molecule has 1 aromatic carbocycles. The number of carbonyl (C=O) groups is 3. The van der Waals surface area contributed by atoms with Crippen LogP contribution in [0.4, 0.5) is 5.69 Å². The van der Waals surface area contributed by atoms with Crippen LogP contribution in [0, 0.1) is 5.41 Å². The normalized spacial score (nSPS) is 23.6. The van der Waals surface area contributed by atoms with Crippen molar-refractivity contribution in [2.75, 3.05) is 50.7 Å². The Labute approximate surface area is 207 Å². The number of benzene rings is 1. The maximum atomic E-state index is 12.9. The van der Waals surface area contributed by atoms with Crippen molar-refractivity contribution in [2.24, 2.45) is 5.41 Å². The molecule has 34 heavy (non-hydrogen) atoms. The number of carbonyl (C=O) groups excluding carboxylic acids is 3. The molecule has 0 radical (unpaired) electrons. The summed E-state index contributed by atoms with van der Waals surface area (Å²) < 4.78 is 0. The molecule has 3 amide bonds. The van der Waals surface area contributed by atoms with Gasteiger partial charge in [-0.2, -0.15) is 0 Å². The largest absolute Gasteiger partial charge is 0.369 e. The van der Waals surface area contributed by atoms with E-state index in [0.717, 1.165) is 50.6 Å². The van der Waals surface area contributed by atoms with Gasteiger partial charge in [0, 0.05) is 69.5 Å². The molecule has 0 aromatic heterocycles. The van der Waals surface area contributed by atoms with Crippen molar-refractivity contribution in [1.29, 1.82) is 0 Å². The Hall–Kier alpha value is -2.32. The third-order valence-electron chi connectivity index (χ3n) is 7.62. The second-order valence-electron chi connectivity index (χ2n) is 10.00. The number of hydrogen-bond acceptors (Lipinski definition) is 5. The molecule has 1 aromatic rings. The minimum absolute atomic E-state index is 0.0723. The van der Waals surface area contributed by atoms with E-state index in [9.17, 15) is 14.4 Å². The molecular weight excluding hydrogens is 454 g/mol. The van der Waals surface area contributed by atoms with E-state index in [0.29, 0.717) is 25.9 Å². The molecule has 2 N–H and O–H groups in total. The predicted octanol–water partition coefficient (Wildman–Crippen LogP) is 1.87. The van der Waals surface area contributed by atoms with Gasteiger partial charge in [0.05, 0.1) is 5.41 Å². The van der Waals surface area contributed by atoms with Gasteiger partial charge in [0.15, 0.2) is 0 Å². The molecule has 3 heterocycles. The number of halogens is 1. The first-order valence-electron chi connectivity index (χ1n) is 12.4. The average molecular weight is 490 g/mol. The van der Waals surface area contributed by atoms with Gasteiger partial charge in [-0.15, -0.1) is 0 Å². The van der Waals surface area contributed by atoms with Gasteiger partial charge < -0.3 is 20.4 Å². The summed E-state index contributed by atoms with van der Waals surface area (Å²) >= 11 is 6.14. The number of nitrogens with one attached hydrogen (secondary N) is 2. The molecule has 4 rings (SSSR count). The number of amides is 3. The van der Waals surface area contributed by atoms with E-state index in [1.54, 1.807) is 11.8 Å². The third-order valence-corrected chi connectivity index (χ3v) is 7.85. The lowest BCUT2D eigenvalue weighted by Gasteiger charge is -2.38. The molecule has 9 heteroatoms. The van der Waals surface area contributed by atoms with Crippen LogP contribution in [0.3, 0.4) is 0 Å². The molecule has 0 saturated carbocycles. The zero-order valence-electron chi connectivity index (χ0n) is 20.2. The summed E-state index contributed by atoms with van der Waals surface area (Å²) in [7, 11) is 0. The Bertz CT molecular complexity index is 910. The van der Waals surface area contributed by atoms with Crippen LogP contribution >= 0.6 is 11.6 Å². The zero-order valence-corrected chi connectivity index (χ0v) is 20.9. The molecule has 3 fully saturated rings. The van der Waals surface area contributed by atoms with E-state index < -0.39 is 6.04 Å². The highest BCUT2D eigenvalue weighted by molar-refractivity contribution is 6.30. The summed E-state index contributed by atoms with van der Waals surface area (Å²) in [4.78, 5) is 43.4.